The van der Waals surface area contributed by atoms with E-state index in [1.165, 1.54) is 24.3 Å². The number of nitrogens with zero attached hydrogens (tertiary/aromatic N) is 1. The molecule has 2 rings (SSSR count). The summed E-state index contributed by atoms with van der Waals surface area (Å²) in [5, 5.41) is 13.9. The monoisotopic (exact) mass is 493 g/mol. The Balaban J connectivity index is 2.44. The molecule has 8 nitrogen and oxygen atoms in total. The van der Waals surface area contributed by atoms with E-state index >= 15 is 0 Å². The highest BCUT2D eigenvalue weighted by Gasteiger charge is 2.32. The van der Waals surface area contributed by atoms with Gasteiger partial charge < -0.3 is 20.9 Å². The number of benzene rings is 2. The summed E-state index contributed by atoms with van der Waals surface area (Å²) in [6.45, 7) is 5.26. The first-order valence-electron chi connectivity index (χ1n) is 12.1. The maximum atomic E-state index is 13.5. The zero-order valence-corrected chi connectivity index (χ0v) is 21.2. The third-order valence-electron chi connectivity index (χ3n) is 4.69. The quantitative estimate of drug-likeness (QED) is 0.436. The number of rotatable bonds is 10. The number of nitrogen functional groups attached to an aromatic ring is 1. The molecule has 0 saturated carbocycles. The molecule has 9 heteroatoms. The standard InChI is InChI=1S/C25H37N3O5S/c1-18(2)16-28(34(31,32)21-13-11-20(26)12-14-21)17-23(29)22(15-19-9-7-6-8-10-19)27-24(30)33-25(3,4)5/h6-14,18,22-23,29H,15-17,26H2,1-5H3,(H,27,30)/t22-,23+/m0/s1/i16D2. The molecule has 0 unspecified atom stereocenters. The van der Waals surface area contributed by atoms with E-state index in [1.54, 1.807) is 34.6 Å². The van der Waals surface area contributed by atoms with Crippen LogP contribution in [-0.4, -0.2) is 54.7 Å². The number of aliphatic hydroxyl groups excluding tert-OH is 1. The smallest absolute Gasteiger partial charge is 0.407 e. The van der Waals surface area contributed by atoms with E-state index in [1.807, 2.05) is 30.3 Å². The SMILES string of the molecule is [2H]C([2H])(C(C)C)N(C[C@@H](O)[C@H](Cc1ccccc1)NC(=O)OC(C)(C)C)S(=O)(=O)c1ccc(N)cc1. The molecule has 0 aliphatic heterocycles. The molecule has 0 spiro atoms. The number of carbonyl (C=O) groups excluding carboxylic acids is 1. The van der Waals surface area contributed by atoms with Crippen LogP contribution in [0, 0.1) is 5.92 Å². The average molecular weight is 494 g/mol. The van der Waals surface area contributed by atoms with Crippen molar-refractivity contribution in [2.45, 2.75) is 63.7 Å². The van der Waals surface area contributed by atoms with Gasteiger partial charge in [0.1, 0.15) is 5.60 Å². The molecule has 0 bridgehead atoms. The molecule has 2 aromatic rings. The molecular weight excluding hydrogens is 454 g/mol. The summed E-state index contributed by atoms with van der Waals surface area (Å²) in [7, 11) is -4.38. The molecule has 188 valence electrons. The van der Waals surface area contributed by atoms with E-state index in [0.717, 1.165) is 5.56 Å². The van der Waals surface area contributed by atoms with E-state index in [2.05, 4.69) is 5.32 Å². The Morgan fingerprint density at radius 3 is 2.26 bits per heavy atom. The number of nitrogens with one attached hydrogen (secondary N) is 1. The average Bonchev–Trinajstić information content (AvgIpc) is 2.76. The lowest BCUT2D eigenvalue weighted by atomic mass is 10.0. The van der Waals surface area contributed by atoms with Crippen LogP contribution >= 0.6 is 0 Å². The molecule has 0 aromatic heterocycles. The number of hydrogen-bond donors (Lipinski definition) is 3. The third-order valence-corrected chi connectivity index (χ3v) is 6.39. The largest absolute Gasteiger partial charge is 0.444 e. The predicted molar refractivity (Wildman–Crippen MR) is 134 cm³/mol. The third kappa shape index (κ3) is 8.62. The molecular formula is C25H37N3O5S. The van der Waals surface area contributed by atoms with Crippen molar-refractivity contribution >= 4 is 21.8 Å². The second-order valence-corrected chi connectivity index (χ2v) is 11.3. The molecule has 0 aliphatic rings. The summed E-state index contributed by atoms with van der Waals surface area (Å²) in [6, 6.07) is 13.5. The van der Waals surface area contributed by atoms with Gasteiger partial charge in [-0.15, -0.1) is 0 Å². The van der Waals surface area contributed by atoms with E-state index in [0.29, 0.717) is 9.99 Å². The van der Waals surface area contributed by atoms with Crippen molar-refractivity contribution in [3.8, 4) is 0 Å². The van der Waals surface area contributed by atoms with Crippen LogP contribution in [0.2, 0.25) is 0 Å². The van der Waals surface area contributed by atoms with E-state index in [9.17, 15) is 18.3 Å². The van der Waals surface area contributed by atoms with E-state index < -0.39 is 52.8 Å². The van der Waals surface area contributed by atoms with Crippen molar-refractivity contribution in [3.63, 3.8) is 0 Å². The maximum absolute atomic E-state index is 13.5. The van der Waals surface area contributed by atoms with Crippen LogP contribution in [0.3, 0.4) is 0 Å². The summed E-state index contributed by atoms with van der Waals surface area (Å²) >= 11 is 0. The number of carbonyl (C=O) groups is 1. The zero-order chi connectivity index (χ0) is 27.3. The van der Waals surface area contributed by atoms with Gasteiger partial charge in [-0.3, -0.25) is 0 Å². The summed E-state index contributed by atoms with van der Waals surface area (Å²) in [5.74, 6) is -0.736. The number of hydrogen-bond acceptors (Lipinski definition) is 6. The van der Waals surface area contributed by atoms with Gasteiger partial charge in [-0.25, -0.2) is 13.2 Å². The molecule has 0 fully saturated rings. The summed E-state index contributed by atoms with van der Waals surface area (Å²) in [5.41, 5.74) is 6.05. The predicted octanol–water partition coefficient (Wildman–Crippen LogP) is 3.41. The number of nitrogens with two attached hydrogens (primary N) is 1. The summed E-state index contributed by atoms with van der Waals surface area (Å²) < 4.78 is 50.2. The van der Waals surface area contributed by atoms with Gasteiger partial charge in [-0.2, -0.15) is 4.31 Å². The maximum Gasteiger partial charge on any atom is 0.407 e. The van der Waals surface area contributed by atoms with Crippen molar-refractivity contribution in [2.75, 3.05) is 18.8 Å². The molecule has 1 amide bonds. The molecule has 2 atom stereocenters. The first-order chi connectivity index (χ1) is 16.5. The number of aliphatic hydroxyl groups is 1. The van der Waals surface area contributed by atoms with Gasteiger partial charge in [0.2, 0.25) is 10.0 Å². The van der Waals surface area contributed by atoms with Gasteiger partial charge in [-0.1, -0.05) is 44.2 Å². The highest BCUT2D eigenvalue weighted by atomic mass is 32.2. The van der Waals surface area contributed by atoms with Crippen LogP contribution in [0.15, 0.2) is 59.5 Å². The lowest BCUT2D eigenvalue weighted by Gasteiger charge is -2.31. The fourth-order valence-corrected chi connectivity index (χ4v) is 4.62. The molecule has 0 aliphatic carbocycles. The van der Waals surface area contributed by atoms with Gasteiger partial charge in [0, 0.05) is 21.5 Å². The van der Waals surface area contributed by atoms with Crippen molar-refractivity contribution in [1.82, 2.24) is 9.62 Å². The van der Waals surface area contributed by atoms with E-state index in [-0.39, 0.29) is 11.3 Å². The first-order valence-corrected chi connectivity index (χ1v) is 12.6. The zero-order valence-electron chi connectivity index (χ0n) is 22.4. The minimum absolute atomic E-state index is 0.159. The molecule has 34 heavy (non-hydrogen) atoms. The Morgan fingerprint density at radius 2 is 1.74 bits per heavy atom. The Labute approximate surface area is 206 Å². The van der Waals surface area contributed by atoms with Crippen LogP contribution < -0.4 is 11.1 Å². The molecule has 0 heterocycles. The molecule has 2 aromatic carbocycles. The van der Waals surface area contributed by atoms with Gasteiger partial charge >= 0.3 is 6.09 Å². The number of amides is 1. The molecule has 0 saturated heterocycles. The van der Waals surface area contributed by atoms with Crippen LogP contribution in [-0.2, 0) is 21.2 Å². The molecule has 4 N–H and O–H groups in total. The summed E-state index contributed by atoms with van der Waals surface area (Å²) in [6.07, 6.45) is -2.07. The van der Waals surface area contributed by atoms with Crippen molar-refractivity contribution < 1.29 is 25.8 Å². The molecule has 0 radical (unpaired) electrons. The van der Waals surface area contributed by atoms with E-state index in [4.69, 9.17) is 13.2 Å². The Hall–Kier alpha value is -2.62. The Bertz CT molecular complexity index is 1100. The minimum atomic E-state index is -4.38. The van der Waals surface area contributed by atoms with Gasteiger partial charge in [0.15, 0.2) is 0 Å². The number of ether oxygens (including phenoxy) is 1. The lowest BCUT2D eigenvalue weighted by Crippen LogP contribution is -2.51. The van der Waals surface area contributed by atoms with Crippen molar-refractivity contribution in [1.29, 1.82) is 0 Å². The Morgan fingerprint density at radius 1 is 1.15 bits per heavy atom. The number of sulfonamides is 1. The van der Waals surface area contributed by atoms with Crippen molar-refractivity contribution in [3.05, 3.63) is 60.2 Å². The van der Waals surface area contributed by atoms with Gasteiger partial charge in [0.25, 0.3) is 0 Å². The number of anilines is 1. The van der Waals surface area contributed by atoms with Crippen LogP contribution in [0.5, 0.6) is 0 Å². The number of alkyl carbamates (subject to hydrolysis) is 1. The second kappa shape index (κ2) is 11.7. The van der Waals surface area contributed by atoms with Crippen molar-refractivity contribution in [2.24, 2.45) is 5.92 Å². The second-order valence-electron chi connectivity index (χ2n) is 9.40. The fourth-order valence-electron chi connectivity index (χ4n) is 3.18. The van der Waals surface area contributed by atoms with Crippen LogP contribution in [0.4, 0.5) is 10.5 Å². The topological polar surface area (TPSA) is 122 Å². The minimum Gasteiger partial charge on any atom is -0.444 e. The Kier molecular flexibility index (Phi) is 8.42. The van der Waals surface area contributed by atoms with Gasteiger partial charge in [0.05, 0.1) is 17.0 Å². The van der Waals surface area contributed by atoms with Gasteiger partial charge in [-0.05, 0) is 62.9 Å². The van der Waals surface area contributed by atoms with Crippen LogP contribution in [0.1, 0.15) is 42.9 Å². The summed E-state index contributed by atoms with van der Waals surface area (Å²) in [4.78, 5) is 12.4. The highest BCUT2D eigenvalue weighted by Crippen LogP contribution is 2.20. The lowest BCUT2D eigenvalue weighted by molar-refractivity contribution is 0.0400. The highest BCUT2D eigenvalue weighted by molar-refractivity contribution is 7.89. The normalized spacial score (nSPS) is 15.4. The van der Waals surface area contributed by atoms with Crippen LogP contribution in [0.25, 0.3) is 0 Å². The first kappa shape index (κ1) is 24.5. The fraction of sp³-hybridized carbons (Fsp3) is 0.480.